The minimum atomic E-state index is 0.446. The first-order chi connectivity index (χ1) is 11.6. The summed E-state index contributed by atoms with van der Waals surface area (Å²) in [5.41, 5.74) is 2.25. The third kappa shape index (κ3) is 4.91. The van der Waals surface area contributed by atoms with Crippen molar-refractivity contribution in [2.75, 3.05) is 6.61 Å². The van der Waals surface area contributed by atoms with Crippen molar-refractivity contribution in [3.8, 4) is 11.5 Å². The van der Waals surface area contributed by atoms with E-state index in [-0.39, 0.29) is 0 Å². The van der Waals surface area contributed by atoms with Crippen molar-refractivity contribution in [1.82, 2.24) is 0 Å². The topological polar surface area (TPSA) is 29.5 Å². The van der Waals surface area contributed by atoms with Crippen LogP contribution in [-0.4, -0.2) is 11.7 Å². The molecule has 24 heavy (non-hydrogen) atoms. The molecule has 2 atom stereocenters. The van der Waals surface area contributed by atoms with Crippen LogP contribution in [0.4, 0.5) is 0 Å². The van der Waals surface area contributed by atoms with E-state index >= 15 is 0 Å². The van der Waals surface area contributed by atoms with Crippen LogP contribution < -0.4 is 4.74 Å². The predicted molar refractivity (Wildman–Crippen MR) is 102 cm³/mol. The maximum Gasteiger partial charge on any atom is 0.126 e. The third-order valence-electron chi connectivity index (χ3n) is 5.59. The quantitative estimate of drug-likeness (QED) is 0.550. The minimum absolute atomic E-state index is 0.446. The average molecular weight is 333 g/mol. The Bertz CT molecular complexity index is 507. The van der Waals surface area contributed by atoms with Crippen LogP contribution in [0.15, 0.2) is 12.1 Å². The van der Waals surface area contributed by atoms with Crippen molar-refractivity contribution in [1.29, 1.82) is 0 Å². The zero-order chi connectivity index (χ0) is 17.5. The monoisotopic (exact) mass is 332 g/mol. The van der Waals surface area contributed by atoms with Crippen molar-refractivity contribution >= 4 is 0 Å². The molecule has 0 aromatic heterocycles. The van der Waals surface area contributed by atoms with Gasteiger partial charge in [0.2, 0.25) is 0 Å². The maximum atomic E-state index is 10.5. The molecule has 0 saturated carbocycles. The van der Waals surface area contributed by atoms with Crippen LogP contribution >= 0.6 is 0 Å². The van der Waals surface area contributed by atoms with Crippen molar-refractivity contribution in [2.24, 2.45) is 17.8 Å². The van der Waals surface area contributed by atoms with Crippen molar-refractivity contribution < 1.29 is 9.84 Å². The zero-order valence-corrected chi connectivity index (χ0v) is 16.1. The number of ether oxygens (including phenoxy) is 1. The Balaban J connectivity index is 2.09. The Labute approximate surface area is 148 Å². The lowest BCUT2D eigenvalue weighted by atomic mass is 9.76. The number of aromatic hydroxyl groups is 1. The molecule has 1 heterocycles. The summed E-state index contributed by atoms with van der Waals surface area (Å²) >= 11 is 0. The molecule has 1 aromatic carbocycles. The molecule has 0 spiro atoms. The van der Waals surface area contributed by atoms with Crippen LogP contribution in [0.1, 0.15) is 77.3 Å². The van der Waals surface area contributed by atoms with Gasteiger partial charge in [-0.05, 0) is 55.2 Å². The van der Waals surface area contributed by atoms with Gasteiger partial charge in [0.15, 0.2) is 0 Å². The van der Waals surface area contributed by atoms with E-state index < -0.39 is 0 Å². The molecule has 2 heteroatoms. The number of phenolic OH excluding ortho intramolecular Hbond substituents is 1. The minimum Gasteiger partial charge on any atom is -0.508 e. The third-order valence-corrected chi connectivity index (χ3v) is 5.59. The number of unbranched alkanes of at least 4 members (excludes halogenated alkanes) is 3. The molecule has 0 bridgehead atoms. The van der Waals surface area contributed by atoms with Crippen LogP contribution in [0.2, 0.25) is 0 Å². The maximum absolute atomic E-state index is 10.5. The van der Waals surface area contributed by atoms with Crippen LogP contribution in [0, 0.1) is 17.8 Å². The number of fused-ring (bicyclic) bond motifs is 1. The Kier molecular flexibility index (Phi) is 7.45. The molecular formula is C22H36O2. The van der Waals surface area contributed by atoms with Gasteiger partial charge in [0.05, 0.1) is 6.61 Å². The van der Waals surface area contributed by atoms with E-state index in [2.05, 4.69) is 33.8 Å². The van der Waals surface area contributed by atoms with Gasteiger partial charge in [-0.15, -0.1) is 0 Å². The van der Waals surface area contributed by atoms with Crippen LogP contribution in [0.25, 0.3) is 0 Å². The van der Waals surface area contributed by atoms with Gasteiger partial charge in [0.1, 0.15) is 11.5 Å². The lowest BCUT2D eigenvalue weighted by Crippen LogP contribution is -2.31. The number of hydrogen-bond acceptors (Lipinski definition) is 2. The standard InChI is InChI=1S/C22H36O2/c1-5-7-9-10-17-12-21(23)20-14-18(15-24-22(20)13-17)19(16(3)4)11-8-6-2/h12-13,16,18-19,23H,5-11,14-15H2,1-4H3/t18?,19-/m1/s1. The Morgan fingerprint density at radius 2 is 1.88 bits per heavy atom. The van der Waals surface area contributed by atoms with Gasteiger partial charge < -0.3 is 9.84 Å². The summed E-state index contributed by atoms with van der Waals surface area (Å²) in [6.45, 7) is 9.93. The normalized spacial score (nSPS) is 18.3. The van der Waals surface area contributed by atoms with Crippen LogP contribution in [-0.2, 0) is 12.8 Å². The molecule has 0 saturated heterocycles. The summed E-state index contributed by atoms with van der Waals surface area (Å²) in [6.07, 6.45) is 9.46. The first kappa shape index (κ1) is 19.1. The van der Waals surface area contributed by atoms with Crippen molar-refractivity contribution in [3.05, 3.63) is 23.3 Å². The van der Waals surface area contributed by atoms with Gasteiger partial charge in [-0.2, -0.15) is 0 Å². The average Bonchev–Trinajstić information content (AvgIpc) is 2.55. The summed E-state index contributed by atoms with van der Waals surface area (Å²) in [4.78, 5) is 0. The lowest BCUT2D eigenvalue weighted by Gasteiger charge is -2.34. The molecule has 136 valence electrons. The van der Waals surface area contributed by atoms with Gasteiger partial charge in [-0.25, -0.2) is 0 Å². The summed E-state index contributed by atoms with van der Waals surface area (Å²) in [5, 5.41) is 10.5. The molecule has 1 aliphatic rings. The Hall–Kier alpha value is -1.18. The van der Waals surface area contributed by atoms with Crippen molar-refractivity contribution in [3.63, 3.8) is 0 Å². The van der Waals surface area contributed by atoms with Gasteiger partial charge in [-0.3, -0.25) is 0 Å². The Morgan fingerprint density at radius 1 is 1.12 bits per heavy atom. The molecule has 2 nitrogen and oxygen atoms in total. The first-order valence-corrected chi connectivity index (χ1v) is 10.0. The van der Waals surface area contributed by atoms with Gasteiger partial charge >= 0.3 is 0 Å². The molecule has 0 radical (unpaired) electrons. The van der Waals surface area contributed by atoms with Gasteiger partial charge in [-0.1, -0.05) is 53.4 Å². The van der Waals surface area contributed by atoms with E-state index in [1.165, 1.54) is 44.1 Å². The smallest absolute Gasteiger partial charge is 0.126 e. The highest BCUT2D eigenvalue weighted by Gasteiger charge is 2.30. The fourth-order valence-electron chi connectivity index (χ4n) is 4.09. The highest BCUT2D eigenvalue weighted by molar-refractivity contribution is 5.48. The summed E-state index contributed by atoms with van der Waals surface area (Å²) < 4.78 is 6.11. The summed E-state index contributed by atoms with van der Waals surface area (Å²) in [6, 6.07) is 4.13. The van der Waals surface area contributed by atoms with Crippen LogP contribution in [0.3, 0.4) is 0 Å². The number of aryl methyl sites for hydroxylation is 1. The Morgan fingerprint density at radius 3 is 2.54 bits per heavy atom. The highest BCUT2D eigenvalue weighted by Crippen LogP contribution is 2.40. The summed E-state index contributed by atoms with van der Waals surface area (Å²) in [5.74, 6) is 3.25. The molecular weight excluding hydrogens is 296 g/mol. The van der Waals surface area contributed by atoms with E-state index in [4.69, 9.17) is 4.74 Å². The zero-order valence-electron chi connectivity index (χ0n) is 16.1. The summed E-state index contributed by atoms with van der Waals surface area (Å²) in [7, 11) is 0. The van der Waals surface area contributed by atoms with E-state index in [1.807, 2.05) is 6.07 Å². The molecule has 2 rings (SSSR count). The lowest BCUT2D eigenvalue weighted by molar-refractivity contribution is 0.131. The molecule has 1 unspecified atom stereocenters. The van der Waals surface area contributed by atoms with Gasteiger partial charge in [0, 0.05) is 11.5 Å². The highest BCUT2D eigenvalue weighted by atomic mass is 16.5. The predicted octanol–water partition coefficient (Wildman–Crippen LogP) is 6.14. The first-order valence-electron chi connectivity index (χ1n) is 10.0. The molecule has 0 aliphatic carbocycles. The SMILES string of the molecule is CCCCCc1cc(O)c2c(c1)OCC([C@H](CCCC)C(C)C)C2. The van der Waals surface area contributed by atoms with Gasteiger partial charge in [0.25, 0.3) is 0 Å². The molecule has 0 amide bonds. The number of phenols is 1. The van der Waals surface area contributed by atoms with E-state index in [1.54, 1.807) is 0 Å². The number of rotatable bonds is 9. The van der Waals surface area contributed by atoms with Crippen LogP contribution in [0.5, 0.6) is 11.5 Å². The fourth-order valence-corrected chi connectivity index (χ4v) is 4.09. The molecule has 0 fully saturated rings. The van der Waals surface area contributed by atoms with Crippen molar-refractivity contribution in [2.45, 2.75) is 79.1 Å². The number of hydrogen-bond donors (Lipinski definition) is 1. The van der Waals surface area contributed by atoms with E-state index in [0.717, 1.165) is 30.8 Å². The van der Waals surface area contributed by atoms with E-state index in [0.29, 0.717) is 23.5 Å². The second-order valence-electron chi connectivity index (χ2n) is 7.87. The number of benzene rings is 1. The second kappa shape index (κ2) is 9.34. The largest absolute Gasteiger partial charge is 0.508 e. The van der Waals surface area contributed by atoms with E-state index in [9.17, 15) is 5.11 Å². The molecule has 1 aromatic rings. The molecule has 1 N–H and O–H groups in total. The molecule has 1 aliphatic heterocycles. The second-order valence-corrected chi connectivity index (χ2v) is 7.87. The fraction of sp³-hybridized carbons (Fsp3) is 0.727.